The number of aryl methyl sites for hydroxylation is 1. The van der Waals surface area contributed by atoms with Gasteiger partial charge in [0.25, 0.3) is 5.69 Å². The number of rotatable bonds is 2. The fourth-order valence-electron chi connectivity index (χ4n) is 3.96. The Hall–Kier alpha value is -1.58. The summed E-state index contributed by atoms with van der Waals surface area (Å²) in [6.07, 6.45) is 8.12. The lowest BCUT2D eigenvalue weighted by Crippen LogP contribution is -2.29. The van der Waals surface area contributed by atoms with E-state index in [1.165, 1.54) is 44.2 Å². The van der Waals surface area contributed by atoms with Crippen LogP contribution >= 0.6 is 0 Å². The normalized spacial score (nSPS) is 21.4. The Balaban J connectivity index is 1.79. The molecule has 0 atom stereocenters. The first-order valence-corrected chi connectivity index (χ1v) is 7.60. The molecule has 0 N–H and O–H groups in total. The van der Waals surface area contributed by atoms with Gasteiger partial charge in [-0.15, -0.1) is 0 Å². The van der Waals surface area contributed by atoms with Crippen LogP contribution in [0.2, 0.25) is 0 Å². The minimum atomic E-state index is -0.316. The molecule has 1 spiro atoms. The molecule has 0 aromatic heterocycles. The Labute approximate surface area is 119 Å². The van der Waals surface area contributed by atoms with Crippen molar-refractivity contribution in [3.63, 3.8) is 0 Å². The predicted molar refractivity (Wildman–Crippen MR) is 80.2 cm³/mol. The highest BCUT2D eigenvalue weighted by atomic mass is 16.6. The van der Waals surface area contributed by atoms with Crippen LogP contribution in [0.15, 0.2) is 18.2 Å². The molecule has 1 aromatic carbocycles. The summed E-state index contributed by atoms with van der Waals surface area (Å²) in [5.41, 5.74) is 2.91. The lowest BCUT2D eigenvalue weighted by Gasteiger charge is -2.33. The molecule has 1 aromatic rings. The largest absolute Gasteiger partial charge is 0.371 e. The highest BCUT2D eigenvalue weighted by molar-refractivity contribution is 5.58. The van der Waals surface area contributed by atoms with Gasteiger partial charge in [-0.1, -0.05) is 19.3 Å². The van der Waals surface area contributed by atoms with Crippen molar-refractivity contribution < 1.29 is 4.92 Å². The maximum absolute atomic E-state index is 10.8. The molecule has 4 nitrogen and oxygen atoms in total. The van der Waals surface area contributed by atoms with Crippen LogP contribution in [0, 0.1) is 22.5 Å². The third kappa shape index (κ3) is 2.39. The molecular weight excluding hydrogens is 252 g/mol. The van der Waals surface area contributed by atoms with Gasteiger partial charge in [0.05, 0.1) is 4.92 Å². The highest BCUT2D eigenvalue weighted by Crippen LogP contribution is 2.45. The molecule has 0 bridgehead atoms. The van der Waals surface area contributed by atoms with Gasteiger partial charge in [0.1, 0.15) is 0 Å². The SMILES string of the molecule is Cc1cc([N+](=O)[O-])ccc1N1CCC2(CCCCC2)C1. The zero-order chi connectivity index (χ0) is 14.2. The Morgan fingerprint density at radius 2 is 1.95 bits per heavy atom. The van der Waals surface area contributed by atoms with Crippen LogP contribution in [0.5, 0.6) is 0 Å². The number of non-ortho nitro benzene ring substituents is 1. The van der Waals surface area contributed by atoms with E-state index in [0.29, 0.717) is 5.41 Å². The van der Waals surface area contributed by atoms with Crippen molar-refractivity contribution in [1.82, 2.24) is 0 Å². The summed E-state index contributed by atoms with van der Waals surface area (Å²) in [6, 6.07) is 5.25. The predicted octanol–water partition coefficient (Wildman–Crippen LogP) is 4.06. The first kappa shape index (κ1) is 13.4. The zero-order valence-corrected chi connectivity index (χ0v) is 12.1. The number of hydrogen-bond donors (Lipinski definition) is 0. The lowest BCUT2D eigenvalue weighted by atomic mass is 9.73. The molecule has 1 aliphatic carbocycles. The van der Waals surface area contributed by atoms with E-state index in [9.17, 15) is 10.1 Å². The number of nitrogens with zero attached hydrogens (tertiary/aromatic N) is 2. The third-order valence-corrected chi connectivity index (χ3v) is 5.08. The zero-order valence-electron chi connectivity index (χ0n) is 12.1. The van der Waals surface area contributed by atoms with Crippen molar-refractivity contribution in [3.8, 4) is 0 Å². The Bertz CT molecular complexity index is 521. The summed E-state index contributed by atoms with van der Waals surface area (Å²) in [4.78, 5) is 12.9. The molecular formula is C16H22N2O2. The van der Waals surface area contributed by atoms with E-state index in [0.717, 1.165) is 18.7 Å². The second kappa shape index (κ2) is 5.08. The standard InChI is InChI=1S/C16H22N2O2/c1-13-11-14(18(19)20)5-6-15(13)17-10-9-16(12-17)7-3-2-4-8-16/h5-6,11H,2-4,7-10,12H2,1H3. The summed E-state index contributed by atoms with van der Waals surface area (Å²) < 4.78 is 0. The molecule has 1 saturated carbocycles. The molecule has 108 valence electrons. The molecule has 1 aliphatic heterocycles. The topological polar surface area (TPSA) is 46.4 Å². The van der Waals surface area contributed by atoms with E-state index in [2.05, 4.69) is 4.90 Å². The second-order valence-corrected chi connectivity index (χ2v) is 6.46. The Morgan fingerprint density at radius 3 is 2.60 bits per heavy atom. The van der Waals surface area contributed by atoms with E-state index in [1.54, 1.807) is 12.1 Å². The number of hydrogen-bond acceptors (Lipinski definition) is 3. The van der Waals surface area contributed by atoms with Gasteiger partial charge in [0.15, 0.2) is 0 Å². The van der Waals surface area contributed by atoms with E-state index in [-0.39, 0.29) is 10.6 Å². The van der Waals surface area contributed by atoms with Gasteiger partial charge < -0.3 is 4.90 Å². The van der Waals surface area contributed by atoms with Crippen molar-refractivity contribution in [2.75, 3.05) is 18.0 Å². The molecule has 1 heterocycles. The van der Waals surface area contributed by atoms with Gasteiger partial charge in [-0.3, -0.25) is 10.1 Å². The second-order valence-electron chi connectivity index (χ2n) is 6.46. The first-order valence-electron chi connectivity index (χ1n) is 7.60. The maximum atomic E-state index is 10.8. The third-order valence-electron chi connectivity index (χ3n) is 5.08. The lowest BCUT2D eigenvalue weighted by molar-refractivity contribution is -0.384. The minimum absolute atomic E-state index is 0.192. The molecule has 2 fully saturated rings. The number of nitro benzene ring substituents is 1. The molecule has 3 rings (SSSR count). The van der Waals surface area contributed by atoms with Crippen LogP contribution in [0.1, 0.15) is 44.1 Å². The van der Waals surface area contributed by atoms with Crippen LogP contribution in [0.25, 0.3) is 0 Å². The Kier molecular flexibility index (Phi) is 3.40. The molecule has 0 unspecified atom stereocenters. The van der Waals surface area contributed by atoms with Crippen LogP contribution in [-0.2, 0) is 0 Å². The summed E-state index contributed by atoms with van der Waals surface area (Å²) in [6.45, 7) is 4.21. The van der Waals surface area contributed by atoms with Crippen LogP contribution in [0.3, 0.4) is 0 Å². The van der Waals surface area contributed by atoms with Crippen LogP contribution in [0.4, 0.5) is 11.4 Å². The van der Waals surface area contributed by atoms with E-state index >= 15 is 0 Å². The quantitative estimate of drug-likeness (QED) is 0.603. The molecule has 20 heavy (non-hydrogen) atoms. The highest BCUT2D eigenvalue weighted by Gasteiger charge is 2.39. The van der Waals surface area contributed by atoms with Crippen molar-refractivity contribution in [1.29, 1.82) is 0 Å². The van der Waals surface area contributed by atoms with Crippen molar-refractivity contribution in [3.05, 3.63) is 33.9 Å². The van der Waals surface area contributed by atoms with Gasteiger partial charge >= 0.3 is 0 Å². The van der Waals surface area contributed by atoms with Crippen molar-refractivity contribution >= 4 is 11.4 Å². The van der Waals surface area contributed by atoms with Gasteiger partial charge in [-0.05, 0) is 43.2 Å². The van der Waals surface area contributed by atoms with Gasteiger partial charge in [-0.2, -0.15) is 0 Å². The minimum Gasteiger partial charge on any atom is -0.371 e. The summed E-state index contributed by atoms with van der Waals surface area (Å²) in [5.74, 6) is 0. The molecule has 2 aliphatic rings. The fraction of sp³-hybridized carbons (Fsp3) is 0.625. The van der Waals surface area contributed by atoms with E-state index in [1.807, 2.05) is 13.0 Å². The number of benzene rings is 1. The molecule has 0 amide bonds. The summed E-state index contributed by atoms with van der Waals surface area (Å²) in [5, 5.41) is 10.8. The van der Waals surface area contributed by atoms with Crippen LogP contribution < -0.4 is 4.90 Å². The smallest absolute Gasteiger partial charge is 0.269 e. The monoisotopic (exact) mass is 274 g/mol. The summed E-state index contributed by atoms with van der Waals surface area (Å²) in [7, 11) is 0. The van der Waals surface area contributed by atoms with Gasteiger partial charge in [0, 0.05) is 30.9 Å². The van der Waals surface area contributed by atoms with E-state index < -0.39 is 0 Å². The van der Waals surface area contributed by atoms with E-state index in [4.69, 9.17) is 0 Å². The number of anilines is 1. The average molecular weight is 274 g/mol. The fourth-order valence-corrected chi connectivity index (χ4v) is 3.96. The van der Waals surface area contributed by atoms with Crippen molar-refractivity contribution in [2.24, 2.45) is 5.41 Å². The average Bonchev–Trinajstić information content (AvgIpc) is 2.83. The number of nitro groups is 1. The maximum Gasteiger partial charge on any atom is 0.269 e. The van der Waals surface area contributed by atoms with Crippen molar-refractivity contribution in [2.45, 2.75) is 45.4 Å². The molecule has 0 radical (unpaired) electrons. The van der Waals surface area contributed by atoms with Crippen LogP contribution in [-0.4, -0.2) is 18.0 Å². The van der Waals surface area contributed by atoms with Gasteiger partial charge in [0.2, 0.25) is 0 Å². The first-order chi connectivity index (χ1) is 9.60. The van der Waals surface area contributed by atoms with Gasteiger partial charge in [-0.25, -0.2) is 0 Å². The molecule has 1 saturated heterocycles. The molecule has 4 heteroatoms. The summed E-state index contributed by atoms with van der Waals surface area (Å²) >= 11 is 0. The Morgan fingerprint density at radius 1 is 1.20 bits per heavy atom.